The second kappa shape index (κ2) is 8.99. The molecule has 1 N–H and O–H groups in total. The molecule has 0 bridgehead atoms. The zero-order chi connectivity index (χ0) is 17.4. The van der Waals surface area contributed by atoms with Crippen molar-refractivity contribution in [1.29, 1.82) is 0 Å². The number of benzene rings is 2. The Morgan fingerprint density at radius 3 is 2.54 bits per heavy atom. The van der Waals surface area contributed by atoms with Crippen molar-refractivity contribution in [2.24, 2.45) is 0 Å². The molecule has 0 radical (unpaired) electrons. The van der Waals surface area contributed by atoms with Gasteiger partial charge in [-0.1, -0.05) is 23.7 Å². The summed E-state index contributed by atoms with van der Waals surface area (Å²) in [5, 5.41) is 3.56. The van der Waals surface area contributed by atoms with Crippen LogP contribution in [0.15, 0.2) is 48.5 Å². The normalized spacial score (nSPS) is 10.6. The Kier molecular flexibility index (Phi) is 6.70. The monoisotopic (exact) mass is 345 g/mol. The van der Waals surface area contributed by atoms with Crippen LogP contribution in [0.3, 0.4) is 0 Å². The molecule has 0 saturated carbocycles. The predicted molar refractivity (Wildman–Crippen MR) is 96.7 cm³/mol. The average Bonchev–Trinajstić information content (AvgIpc) is 2.61. The maximum Gasteiger partial charge on any atom is 0.244 e. The van der Waals surface area contributed by atoms with E-state index < -0.39 is 0 Å². The van der Waals surface area contributed by atoms with Crippen LogP contribution in [-0.4, -0.2) is 26.7 Å². The minimum atomic E-state index is -0.158. The van der Waals surface area contributed by atoms with Gasteiger partial charge in [0.1, 0.15) is 11.5 Å². The van der Waals surface area contributed by atoms with E-state index in [9.17, 15) is 4.79 Å². The fourth-order valence-electron chi connectivity index (χ4n) is 2.18. The van der Waals surface area contributed by atoms with Crippen LogP contribution in [0.1, 0.15) is 11.1 Å². The number of amides is 1. The number of halogens is 1. The van der Waals surface area contributed by atoms with E-state index in [1.54, 1.807) is 26.4 Å². The summed E-state index contributed by atoms with van der Waals surface area (Å²) in [6.07, 6.45) is 3.94. The summed E-state index contributed by atoms with van der Waals surface area (Å²) in [5.41, 5.74) is 1.91. The van der Waals surface area contributed by atoms with Gasteiger partial charge in [0, 0.05) is 23.2 Å². The molecule has 126 valence electrons. The summed E-state index contributed by atoms with van der Waals surface area (Å²) in [6.45, 7) is 0.556. The van der Waals surface area contributed by atoms with Gasteiger partial charge in [-0.3, -0.25) is 4.79 Å². The lowest BCUT2D eigenvalue weighted by molar-refractivity contribution is -0.116. The van der Waals surface area contributed by atoms with Crippen molar-refractivity contribution in [1.82, 2.24) is 5.32 Å². The minimum absolute atomic E-state index is 0.158. The Labute approximate surface area is 147 Å². The summed E-state index contributed by atoms with van der Waals surface area (Å²) in [6, 6.07) is 13.0. The SMILES string of the molecule is COc1ccc(OC)c(/C=C/C(=O)NCCc2ccc(Cl)cc2)c1. The Hall–Kier alpha value is -2.46. The lowest BCUT2D eigenvalue weighted by Crippen LogP contribution is -2.23. The maximum atomic E-state index is 11.9. The van der Waals surface area contributed by atoms with Crippen LogP contribution in [0.4, 0.5) is 0 Å². The van der Waals surface area contributed by atoms with Crippen LogP contribution in [0, 0.1) is 0 Å². The van der Waals surface area contributed by atoms with Gasteiger partial charge in [0.15, 0.2) is 0 Å². The van der Waals surface area contributed by atoms with Crippen LogP contribution in [0.5, 0.6) is 11.5 Å². The van der Waals surface area contributed by atoms with Crippen LogP contribution >= 0.6 is 11.6 Å². The van der Waals surface area contributed by atoms with Crippen molar-refractivity contribution in [3.8, 4) is 11.5 Å². The summed E-state index contributed by atoms with van der Waals surface area (Å²) in [4.78, 5) is 11.9. The maximum absolute atomic E-state index is 11.9. The van der Waals surface area contributed by atoms with E-state index in [4.69, 9.17) is 21.1 Å². The zero-order valence-electron chi connectivity index (χ0n) is 13.7. The highest BCUT2D eigenvalue weighted by Gasteiger charge is 2.03. The van der Waals surface area contributed by atoms with E-state index in [0.29, 0.717) is 23.1 Å². The van der Waals surface area contributed by atoms with E-state index in [1.807, 2.05) is 36.4 Å². The zero-order valence-corrected chi connectivity index (χ0v) is 14.5. The summed E-state index contributed by atoms with van der Waals surface area (Å²) in [5.74, 6) is 1.23. The number of carbonyl (C=O) groups excluding carboxylic acids is 1. The van der Waals surface area contributed by atoms with Gasteiger partial charge in [0.2, 0.25) is 5.91 Å². The molecule has 1 amide bonds. The summed E-state index contributed by atoms with van der Waals surface area (Å²) in [7, 11) is 3.18. The molecule has 0 aliphatic carbocycles. The van der Waals surface area contributed by atoms with Crippen molar-refractivity contribution < 1.29 is 14.3 Å². The molecule has 0 aliphatic rings. The lowest BCUT2D eigenvalue weighted by atomic mass is 10.1. The van der Waals surface area contributed by atoms with Gasteiger partial charge in [0.25, 0.3) is 0 Å². The standard InChI is InChI=1S/C19H20ClNO3/c1-23-17-8-9-18(24-2)15(13-17)5-10-19(22)21-12-11-14-3-6-16(20)7-4-14/h3-10,13H,11-12H2,1-2H3,(H,21,22)/b10-5+. The highest BCUT2D eigenvalue weighted by molar-refractivity contribution is 6.30. The van der Waals surface area contributed by atoms with Crippen molar-refractivity contribution in [2.45, 2.75) is 6.42 Å². The van der Waals surface area contributed by atoms with Crippen molar-refractivity contribution in [3.05, 3.63) is 64.7 Å². The number of ether oxygens (including phenoxy) is 2. The molecule has 0 saturated heterocycles. The van der Waals surface area contributed by atoms with Crippen LogP contribution in [0.25, 0.3) is 6.08 Å². The molecule has 0 unspecified atom stereocenters. The van der Waals surface area contributed by atoms with Gasteiger partial charge in [-0.05, 0) is 48.4 Å². The molecule has 0 fully saturated rings. The molecule has 0 spiro atoms. The Morgan fingerprint density at radius 1 is 1.12 bits per heavy atom. The van der Waals surface area contributed by atoms with E-state index in [-0.39, 0.29) is 5.91 Å². The first kappa shape index (κ1) is 17.9. The third-order valence-corrected chi connectivity index (χ3v) is 3.73. The molecule has 24 heavy (non-hydrogen) atoms. The fourth-order valence-corrected chi connectivity index (χ4v) is 2.30. The third-order valence-electron chi connectivity index (χ3n) is 3.48. The van der Waals surface area contributed by atoms with Crippen molar-refractivity contribution in [3.63, 3.8) is 0 Å². The van der Waals surface area contributed by atoms with E-state index in [1.165, 1.54) is 6.08 Å². The van der Waals surface area contributed by atoms with Crippen LogP contribution in [-0.2, 0) is 11.2 Å². The molecule has 2 rings (SSSR count). The van der Waals surface area contributed by atoms with E-state index in [2.05, 4.69) is 5.32 Å². The molecular formula is C19H20ClNO3. The van der Waals surface area contributed by atoms with Gasteiger partial charge in [0.05, 0.1) is 14.2 Å². The molecule has 2 aromatic rings. The fraction of sp³-hybridized carbons (Fsp3) is 0.211. The number of methoxy groups -OCH3 is 2. The first-order chi connectivity index (χ1) is 11.6. The van der Waals surface area contributed by atoms with Gasteiger partial charge in [-0.15, -0.1) is 0 Å². The molecule has 2 aromatic carbocycles. The molecule has 5 heteroatoms. The van der Waals surface area contributed by atoms with Crippen LogP contribution < -0.4 is 14.8 Å². The Bertz CT molecular complexity index is 711. The second-order valence-electron chi connectivity index (χ2n) is 5.11. The minimum Gasteiger partial charge on any atom is -0.497 e. The largest absolute Gasteiger partial charge is 0.497 e. The Balaban J connectivity index is 1.89. The van der Waals surface area contributed by atoms with Crippen molar-refractivity contribution >= 4 is 23.6 Å². The first-order valence-electron chi connectivity index (χ1n) is 7.55. The molecule has 0 atom stereocenters. The summed E-state index contributed by atoms with van der Waals surface area (Å²) < 4.78 is 10.5. The van der Waals surface area contributed by atoms with Crippen LogP contribution in [0.2, 0.25) is 5.02 Å². The number of hydrogen-bond donors (Lipinski definition) is 1. The van der Waals surface area contributed by atoms with E-state index in [0.717, 1.165) is 17.5 Å². The predicted octanol–water partition coefficient (Wildman–Crippen LogP) is 3.73. The number of rotatable bonds is 7. The molecule has 4 nitrogen and oxygen atoms in total. The highest BCUT2D eigenvalue weighted by Crippen LogP contribution is 2.24. The van der Waals surface area contributed by atoms with Gasteiger partial charge >= 0.3 is 0 Å². The number of hydrogen-bond acceptors (Lipinski definition) is 3. The number of nitrogens with one attached hydrogen (secondary N) is 1. The quantitative estimate of drug-likeness (QED) is 0.778. The molecule has 0 aromatic heterocycles. The summed E-state index contributed by atoms with van der Waals surface area (Å²) >= 11 is 5.84. The molecular weight excluding hydrogens is 326 g/mol. The average molecular weight is 346 g/mol. The smallest absolute Gasteiger partial charge is 0.244 e. The first-order valence-corrected chi connectivity index (χ1v) is 7.92. The topological polar surface area (TPSA) is 47.6 Å². The van der Waals surface area contributed by atoms with Gasteiger partial charge < -0.3 is 14.8 Å². The molecule has 0 heterocycles. The van der Waals surface area contributed by atoms with E-state index >= 15 is 0 Å². The third kappa shape index (κ3) is 5.32. The Morgan fingerprint density at radius 2 is 1.88 bits per heavy atom. The van der Waals surface area contributed by atoms with Crippen molar-refractivity contribution in [2.75, 3.05) is 20.8 Å². The van der Waals surface area contributed by atoms with Gasteiger partial charge in [-0.2, -0.15) is 0 Å². The highest BCUT2D eigenvalue weighted by atomic mass is 35.5. The number of carbonyl (C=O) groups is 1. The lowest BCUT2D eigenvalue weighted by Gasteiger charge is -2.07. The molecule has 0 aliphatic heterocycles. The second-order valence-corrected chi connectivity index (χ2v) is 5.55. The van der Waals surface area contributed by atoms with Gasteiger partial charge in [-0.25, -0.2) is 0 Å².